The monoisotopic (exact) mass is 404 g/mol. The van der Waals surface area contributed by atoms with Gasteiger partial charge < -0.3 is 15.5 Å². The summed E-state index contributed by atoms with van der Waals surface area (Å²) in [7, 11) is 0. The summed E-state index contributed by atoms with van der Waals surface area (Å²) < 4.78 is 0.997. The summed E-state index contributed by atoms with van der Waals surface area (Å²) in [5.41, 5.74) is 1.87. The zero-order valence-electron chi connectivity index (χ0n) is 14.1. The lowest BCUT2D eigenvalue weighted by atomic mass is 10.2. The molecule has 2 amide bonds. The molecule has 1 aliphatic heterocycles. The molecular formula is C18H21BrN4O2. The van der Waals surface area contributed by atoms with E-state index in [9.17, 15) is 9.59 Å². The van der Waals surface area contributed by atoms with Gasteiger partial charge in [-0.2, -0.15) is 5.26 Å². The van der Waals surface area contributed by atoms with Gasteiger partial charge in [0.15, 0.2) is 0 Å². The van der Waals surface area contributed by atoms with Gasteiger partial charge >= 0.3 is 0 Å². The lowest BCUT2D eigenvalue weighted by Crippen LogP contribution is -2.31. The number of aryl methyl sites for hydroxylation is 1. The molecule has 132 valence electrons. The van der Waals surface area contributed by atoms with Gasteiger partial charge in [0, 0.05) is 42.4 Å². The zero-order chi connectivity index (χ0) is 18.2. The van der Waals surface area contributed by atoms with E-state index < -0.39 is 5.91 Å². The van der Waals surface area contributed by atoms with Gasteiger partial charge in [-0.3, -0.25) is 9.59 Å². The van der Waals surface area contributed by atoms with Gasteiger partial charge in [-0.25, -0.2) is 0 Å². The van der Waals surface area contributed by atoms with Crippen LogP contribution in [0.25, 0.3) is 0 Å². The number of likely N-dealkylation sites (tertiary alicyclic amines) is 1. The smallest absolute Gasteiger partial charge is 0.263 e. The van der Waals surface area contributed by atoms with Crippen molar-refractivity contribution >= 4 is 33.4 Å². The van der Waals surface area contributed by atoms with E-state index in [0.717, 1.165) is 28.7 Å². The molecule has 1 saturated heterocycles. The highest BCUT2D eigenvalue weighted by atomic mass is 79.9. The summed E-state index contributed by atoms with van der Waals surface area (Å²) in [6.45, 7) is 3.83. The van der Waals surface area contributed by atoms with Crippen LogP contribution in [-0.2, 0) is 9.59 Å². The molecule has 0 bridgehead atoms. The highest BCUT2D eigenvalue weighted by molar-refractivity contribution is 9.10. The van der Waals surface area contributed by atoms with Crippen molar-refractivity contribution in [2.75, 3.05) is 25.0 Å². The van der Waals surface area contributed by atoms with E-state index in [2.05, 4.69) is 26.6 Å². The largest absolute Gasteiger partial charge is 0.360 e. The highest BCUT2D eigenvalue weighted by Gasteiger charge is 2.19. The minimum Gasteiger partial charge on any atom is -0.360 e. The number of halogens is 1. The SMILES string of the molecule is Cc1cc(N/C=C(/C#N)C(=O)NCCCN2CCCC2=O)ccc1Br. The van der Waals surface area contributed by atoms with E-state index in [1.807, 2.05) is 36.1 Å². The first-order valence-corrected chi connectivity index (χ1v) is 8.99. The molecule has 0 aromatic heterocycles. The van der Waals surface area contributed by atoms with E-state index in [-0.39, 0.29) is 11.5 Å². The van der Waals surface area contributed by atoms with Gasteiger partial charge in [0.05, 0.1) is 0 Å². The number of amides is 2. The third-order valence-corrected chi connectivity index (χ3v) is 4.86. The van der Waals surface area contributed by atoms with E-state index in [4.69, 9.17) is 5.26 Å². The maximum Gasteiger partial charge on any atom is 0.263 e. The van der Waals surface area contributed by atoms with E-state index in [1.54, 1.807) is 0 Å². The third-order valence-electron chi connectivity index (χ3n) is 3.97. The topological polar surface area (TPSA) is 85.2 Å². The Hall–Kier alpha value is -2.33. The fourth-order valence-corrected chi connectivity index (χ4v) is 2.79. The molecule has 7 heteroatoms. The van der Waals surface area contributed by atoms with Crippen LogP contribution in [0.4, 0.5) is 5.69 Å². The van der Waals surface area contributed by atoms with E-state index >= 15 is 0 Å². The number of nitrogens with one attached hydrogen (secondary N) is 2. The van der Waals surface area contributed by atoms with E-state index in [1.165, 1.54) is 6.20 Å². The first kappa shape index (κ1) is 19.0. The number of hydrogen-bond donors (Lipinski definition) is 2. The second-order valence-electron chi connectivity index (χ2n) is 5.87. The standard InChI is InChI=1S/C18H21BrN4O2/c1-13-10-15(5-6-16(13)19)22-12-14(11-20)18(25)21-7-3-9-23-8-2-4-17(23)24/h5-6,10,12,22H,2-4,7-9H2,1H3,(H,21,25)/b14-12-. The van der Waals surface area contributed by atoms with Crippen molar-refractivity contribution in [2.24, 2.45) is 0 Å². The molecule has 6 nitrogen and oxygen atoms in total. The Morgan fingerprint density at radius 2 is 2.28 bits per heavy atom. The molecule has 1 aromatic rings. The van der Waals surface area contributed by atoms with Gasteiger partial charge in [-0.1, -0.05) is 15.9 Å². The lowest BCUT2D eigenvalue weighted by molar-refractivity contribution is -0.127. The Kier molecular flexibility index (Phi) is 7.02. The van der Waals surface area contributed by atoms with Crippen molar-refractivity contribution in [1.82, 2.24) is 10.2 Å². The fraction of sp³-hybridized carbons (Fsp3) is 0.389. The van der Waals surface area contributed by atoms with Gasteiger partial charge in [0.2, 0.25) is 5.91 Å². The van der Waals surface area contributed by atoms with Gasteiger partial charge in [0.1, 0.15) is 11.6 Å². The van der Waals surface area contributed by atoms with Crippen LogP contribution in [0, 0.1) is 18.3 Å². The zero-order valence-corrected chi connectivity index (χ0v) is 15.7. The Labute approximate surface area is 156 Å². The Balaban J connectivity index is 1.80. The molecule has 1 fully saturated rings. The quantitative estimate of drug-likeness (QED) is 0.415. The number of anilines is 1. The van der Waals surface area contributed by atoms with Crippen molar-refractivity contribution in [3.05, 3.63) is 40.0 Å². The van der Waals surface area contributed by atoms with Crippen LogP contribution in [0.2, 0.25) is 0 Å². The van der Waals surface area contributed by atoms with Crippen LogP contribution >= 0.6 is 15.9 Å². The van der Waals surface area contributed by atoms with Gasteiger partial charge in [0.25, 0.3) is 5.91 Å². The minimum absolute atomic E-state index is 0.0119. The lowest BCUT2D eigenvalue weighted by Gasteiger charge is -2.15. The van der Waals surface area contributed by atoms with Crippen LogP contribution in [0.3, 0.4) is 0 Å². The molecule has 25 heavy (non-hydrogen) atoms. The summed E-state index contributed by atoms with van der Waals surface area (Å²) in [5.74, 6) is -0.241. The van der Waals surface area contributed by atoms with E-state index in [0.29, 0.717) is 25.9 Å². The molecule has 0 spiro atoms. The molecule has 2 N–H and O–H groups in total. The third kappa shape index (κ3) is 5.61. The number of nitrogens with zero attached hydrogens (tertiary/aromatic N) is 2. The molecule has 0 radical (unpaired) electrons. The number of benzene rings is 1. The first-order chi connectivity index (χ1) is 12.0. The van der Waals surface area contributed by atoms with Crippen molar-refractivity contribution in [1.29, 1.82) is 5.26 Å². The molecule has 1 aromatic carbocycles. The molecule has 1 aliphatic rings. The maximum absolute atomic E-state index is 12.0. The molecule has 2 rings (SSSR count). The summed E-state index contributed by atoms with van der Waals surface area (Å²) >= 11 is 3.43. The van der Waals surface area contributed by atoms with Crippen molar-refractivity contribution in [2.45, 2.75) is 26.2 Å². The predicted octanol–water partition coefficient (Wildman–Crippen LogP) is 2.71. The number of carbonyl (C=O) groups excluding carboxylic acids is 2. The minimum atomic E-state index is -0.420. The number of nitriles is 1. The molecule has 0 aliphatic carbocycles. The number of rotatable bonds is 7. The normalized spacial score (nSPS) is 14.4. The number of carbonyl (C=O) groups is 2. The maximum atomic E-state index is 12.0. The van der Waals surface area contributed by atoms with Crippen LogP contribution in [0.15, 0.2) is 34.4 Å². The van der Waals surface area contributed by atoms with Crippen LogP contribution in [0.5, 0.6) is 0 Å². The molecule has 1 heterocycles. The van der Waals surface area contributed by atoms with Crippen LogP contribution < -0.4 is 10.6 Å². The average Bonchev–Trinajstić information content (AvgIpc) is 3.00. The highest BCUT2D eigenvalue weighted by Crippen LogP contribution is 2.20. The Bertz CT molecular complexity index is 724. The molecule has 0 unspecified atom stereocenters. The second kappa shape index (κ2) is 9.23. The van der Waals surface area contributed by atoms with Crippen LogP contribution in [0.1, 0.15) is 24.8 Å². The summed E-state index contributed by atoms with van der Waals surface area (Å²) in [5, 5.41) is 14.8. The summed E-state index contributed by atoms with van der Waals surface area (Å²) in [6, 6.07) is 7.57. The van der Waals surface area contributed by atoms with Crippen LogP contribution in [-0.4, -0.2) is 36.3 Å². The van der Waals surface area contributed by atoms with Gasteiger partial charge in [-0.05, 0) is 43.5 Å². The number of hydrogen-bond acceptors (Lipinski definition) is 4. The molecule has 0 saturated carbocycles. The Morgan fingerprint density at radius 3 is 2.92 bits per heavy atom. The van der Waals surface area contributed by atoms with Crippen molar-refractivity contribution < 1.29 is 9.59 Å². The van der Waals surface area contributed by atoms with Crippen molar-refractivity contribution in [3.8, 4) is 6.07 Å². The summed E-state index contributed by atoms with van der Waals surface area (Å²) in [6.07, 6.45) is 3.61. The molecule has 0 atom stereocenters. The summed E-state index contributed by atoms with van der Waals surface area (Å²) in [4.78, 5) is 25.4. The fourth-order valence-electron chi connectivity index (χ4n) is 2.55. The first-order valence-electron chi connectivity index (χ1n) is 8.20. The van der Waals surface area contributed by atoms with Gasteiger partial charge in [-0.15, -0.1) is 0 Å². The predicted molar refractivity (Wildman–Crippen MR) is 99.6 cm³/mol. The second-order valence-corrected chi connectivity index (χ2v) is 6.73. The molecular weight excluding hydrogens is 384 g/mol. The van der Waals surface area contributed by atoms with Crippen molar-refractivity contribution in [3.63, 3.8) is 0 Å². The average molecular weight is 405 g/mol. The Morgan fingerprint density at radius 1 is 1.48 bits per heavy atom.